The third-order valence-corrected chi connectivity index (χ3v) is 3.97. The highest BCUT2D eigenvalue weighted by molar-refractivity contribution is 7.09. The fourth-order valence-corrected chi connectivity index (χ4v) is 3.00. The Labute approximate surface area is 123 Å². The lowest BCUT2D eigenvalue weighted by atomic mass is 10.1. The molecule has 2 rings (SSSR count). The second kappa shape index (κ2) is 6.15. The van der Waals surface area contributed by atoms with E-state index >= 15 is 0 Å². The standard InChI is InChI=1S/C15H19N3OS/c1-9-6-10(2)14(11(3)7-9)18-15(19)12-8-20-13(17-12)4-5-16/h6-8H,4-5,16H2,1-3H3,(H,18,19). The summed E-state index contributed by atoms with van der Waals surface area (Å²) in [5, 5.41) is 5.63. The largest absolute Gasteiger partial charge is 0.330 e. The van der Waals surface area contributed by atoms with Crippen LogP contribution in [0.5, 0.6) is 0 Å². The minimum absolute atomic E-state index is 0.167. The quantitative estimate of drug-likeness (QED) is 0.909. The van der Waals surface area contributed by atoms with Gasteiger partial charge in [0.15, 0.2) is 0 Å². The van der Waals surface area contributed by atoms with Crippen LogP contribution in [0.25, 0.3) is 0 Å². The lowest BCUT2D eigenvalue weighted by molar-refractivity contribution is 0.102. The second-order valence-corrected chi connectivity index (χ2v) is 5.84. The molecule has 0 aliphatic heterocycles. The van der Waals surface area contributed by atoms with Gasteiger partial charge >= 0.3 is 0 Å². The molecule has 0 radical (unpaired) electrons. The molecule has 1 aromatic carbocycles. The highest BCUT2D eigenvalue weighted by atomic mass is 32.1. The summed E-state index contributed by atoms with van der Waals surface area (Å²) in [5.41, 5.74) is 10.1. The van der Waals surface area contributed by atoms with Gasteiger partial charge in [-0.3, -0.25) is 4.79 Å². The number of carbonyl (C=O) groups is 1. The number of aryl methyl sites for hydroxylation is 3. The third-order valence-electron chi connectivity index (χ3n) is 3.06. The van der Waals surface area contributed by atoms with Crippen LogP contribution in [0.3, 0.4) is 0 Å². The van der Waals surface area contributed by atoms with Gasteiger partial charge < -0.3 is 11.1 Å². The molecule has 0 bridgehead atoms. The Bertz CT molecular complexity index is 611. The molecule has 0 aliphatic carbocycles. The first-order valence-electron chi connectivity index (χ1n) is 6.55. The van der Waals surface area contributed by atoms with Gasteiger partial charge in [0.1, 0.15) is 5.69 Å². The van der Waals surface area contributed by atoms with Crippen LogP contribution < -0.4 is 11.1 Å². The van der Waals surface area contributed by atoms with Gasteiger partial charge in [-0.25, -0.2) is 4.98 Å². The van der Waals surface area contributed by atoms with Gasteiger partial charge in [-0.2, -0.15) is 0 Å². The Morgan fingerprint density at radius 2 is 1.95 bits per heavy atom. The number of nitrogens with one attached hydrogen (secondary N) is 1. The number of carbonyl (C=O) groups excluding carboxylic acids is 1. The lowest BCUT2D eigenvalue weighted by Crippen LogP contribution is -2.14. The van der Waals surface area contributed by atoms with Crippen molar-refractivity contribution in [3.63, 3.8) is 0 Å². The smallest absolute Gasteiger partial charge is 0.275 e. The molecule has 0 saturated heterocycles. The van der Waals surface area contributed by atoms with Crippen LogP contribution in [0.4, 0.5) is 5.69 Å². The first-order chi connectivity index (χ1) is 9.51. The van der Waals surface area contributed by atoms with Crippen LogP contribution in [0.15, 0.2) is 17.5 Å². The zero-order valence-corrected chi connectivity index (χ0v) is 12.8. The van der Waals surface area contributed by atoms with Gasteiger partial charge in [0.25, 0.3) is 5.91 Å². The number of hydrogen-bond acceptors (Lipinski definition) is 4. The lowest BCUT2D eigenvalue weighted by Gasteiger charge is -2.11. The van der Waals surface area contributed by atoms with Crippen molar-refractivity contribution in [2.24, 2.45) is 5.73 Å². The van der Waals surface area contributed by atoms with Crippen LogP contribution in [-0.2, 0) is 6.42 Å². The average Bonchev–Trinajstić information content (AvgIpc) is 2.82. The molecule has 0 atom stereocenters. The van der Waals surface area contributed by atoms with Crippen molar-refractivity contribution in [1.29, 1.82) is 0 Å². The topological polar surface area (TPSA) is 68.0 Å². The van der Waals surface area contributed by atoms with Gasteiger partial charge in [-0.1, -0.05) is 17.7 Å². The summed E-state index contributed by atoms with van der Waals surface area (Å²) in [6, 6.07) is 4.12. The van der Waals surface area contributed by atoms with Crippen LogP contribution in [0, 0.1) is 20.8 Å². The van der Waals surface area contributed by atoms with Crippen molar-refractivity contribution >= 4 is 22.9 Å². The monoisotopic (exact) mass is 289 g/mol. The third kappa shape index (κ3) is 3.23. The molecule has 1 aromatic heterocycles. The maximum absolute atomic E-state index is 12.2. The summed E-state index contributed by atoms with van der Waals surface area (Å²) in [6.07, 6.45) is 0.709. The van der Waals surface area contributed by atoms with E-state index in [1.807, 2.05) is 20.8 Å². The van der Waals surface area contributed by atoms with E-state index in [-0.39, 0.29) is 5.91 Å². The van der Waals surface area contributed by atoms with Crippen molar-refractivity contribution in [3.05, 3.63) is 44.9 Å². The summed E-state index contributed by atoms with van der Waals surface area (Å²) in [7, 11) is 0. The summed E-state index contributed by atoms with van der Waals surface area (Å²) < 4.78 is 0. The SMILES string of the molecule is Cc1cc(C)c(NC(=O)c2csc(CCN)n2)c(C)c1. The minimum atomic E-state index is -0.167. The maximum Gasteiger partial charge on any atom is 0.275 e. The molecule has 106 valence electrons. The van der Waals surface area contributed by atoms with Crippen molar-refractivity contribution in [3.8, 4) is 0 Å². The molecule has 0 unspecified atom stereocenters. The number of benzene rings is 1. The average molecular weight is 289 g/mol. The van der Waals surface area contributed by atoms with E-state index < -0.39 is 0 Å². The van der Waals surface area contributed by atoms with Crippen LogP contribution in [0.2, 0.25) is 0 Å². The zero-order valence-electron chi connectivity index (χ0n) is 12.0. The maximum atomic E-state index is 12.2. The van der Waals surface area contributed by atoms with Gasteiger partial charge in [-0.15, -0.1) is 11.3 Å². The molecule has 3 N–H and O–H groups in total. The van der Waals surface area contributed by atoms with Crippen molar-refractivity contribution < 1.29 is 4.79 Å². The fourth-order valence-electron chi connectivity index (χ4n) is 2.21. The molecule has 2 aromatic rings. The molecule has 5 heteroatoms. The molecular formula is C15H19N3OS. The number of nitrogens with zero attached hydrogens (tertiary/aromatic N) is 1. The second-order valence-electron chi connectivity index (χ2n) is 4.89. The van der Waals surface area contributed by atoms with E-state index in [1.54, 1.807) is 5.38 Å². The van der Waals surface area contributed by atoms with Gasteiger partial charge in [0.2, 0.25) is 0 Å². The number of amides is 1. The van der Waals surface area contributed by atoms with Crippen molar-refractivity contribution in [2.75, 3.05) is 11.9 Å². The summed E-state index contributed by atoms with van der Waals surface area (Å²) >= 11 is 1.47. The van der Waals surface area contributed by atoms with E-state index in [4.69, 9.17) is 5.73 Å². The van der Waals surface area contributed by atoms with Crippen LogP contribution in [0.1, 0.15) is 32.2 Å². The predicted molar refractivity (Wildman–Crippen MR) is 83.5 cm³/mol. The fraction of sp³-hybridized carbons (Fsp3) is 0.333. The number of thiazole rings is 1. The normalized spacial score (nSPS) is 10.6. The van der Waals surface area contributed by atoms with E-state index in [2.05, 4.69) is 22.4 Å². The number of aromatic nitrogens is 1. The predicted octanol–water partition coefficient (Wildman–Crippen LogP) is 2.82. The van der Waals surface area contributed by atoms with Crippen LogP contribution >= 0.6 is 11.3 Å². The summed E-state index contributed by atoms with van der Waals surface area (Å²) in [4.78, 5) is 16.5. The number of nitrogens with two attached hydrogens (primary N) is 1. The molecule has 1 amide bonds. The Morgan fingerprint density at radius 3 is 2.55 bits per heavy atom. The molecule has 20 heavy (non-hydrogen) atoms. The molecule has 0 spiro atoms. The molecule has 0 saturated carbocycles. The Balaban J connectivity index is 2.19. The molecule has 0 aliphatic rings. The van der Waals surface area contributed by atoms with E-state index in [1.165, 1.54) is 16.9 Å². The van der Waals surface area contributed by atoms with Gasteiger partial charge in [0.05, 0.1) is 5.01 Å². The Morgan fingerprint density at radius 1 is 1.30 bits per heavy atom. The first kappa shape index (κ1) is 14.7. The van der Waals surface area contributed by atoms with E-state index in [0.717, 1.165) is 21.8 Å². The number of rotatable bonds is 4. The van der Waals surface area contributed by atoms with Gasteiger partial charge in [0, 0.05) is 17.5 Å². The van der Waals surface area contributed by atoms with Crippen molar-refractivity contribution in [2.45, 2.75) is 27.2 Å². The summed E-state index contributed by atoms with van der Waals surface area (Å²) in [6.45, 7) is 6.59. The van der Waals surface area contributed by atoms with Gasteiger partial charge in [-0.05, 0) is 38.4 Å². The number of hydrogen-bond donors (Lipinski definition) is 2. The van der Waals surface area contributed by atoms with Crippen molar-refractivity contribution in [1.82, 2.24) is 4.98 Å². The summed E-state index contributed by atoms with van der Waals surface area (Å²) in [5.74, 6) is -0.167. The zero-order chi connectivity index (χ0) is 14.7. The Kier molecular flexibility index (Phi) is 4.52. The molecule has 0 fully saturated rings. The number of anilines is 1. The molecule has 4 nitrogen and oxygen atoms in total. The highest BCUT2D eigenvalue weighted by Crippen LogP contribution is 2.23. The van der Waals surface area contributed by atoms with E-state index in [0.29, 0.717) is 18.7 Å². The first-order valence-corrected chi connectivity index (χ1v) is 7.43. The van der Waals surface area contributed by atoms with Crippen LogP contribution in [-0.4, -0.2) is 17.4 Å². The molecular weight excluding hydrogens is 270 g/mol. The molecule has 1 heterocycles. The minimum Gasteiger partial charge on any atom is -0.330 e. The Hall–Kier alpha value is -1.72. The van der Waals surface area contributed by atoms with E-state index in [9.17, 15) is 4.79 Å². The highest BCUT2D eigenvalue weighted by Gasteiger charge is 2.13.